The van der Waals surface area contributed by atoms with Crippen LogP contribution in [0, 0.1) is 0 Å². The van der Waals surface area contributed by atoms with Gasteiger partial charge in [0.1, 0.15) is 6.54 Å². The number of nitrogens with zero attached hydrogens (tertiary/aromatic N) is 1. The molecule has 0 fully saturated rings. The molecule has 1 aromatic heterocycles. The van der Waals surface area contributed by atoms with Crippen LogP contribution >= 0.6 is 0 Å². The second-order valence-corrected chi connectivity index (χ2v) is 17.7. The summed E-state index contributed by atoms with van der Waals surface area (Å²) in [6.07, 6.45) is 66.8. The van der Waals surface area contributed by atoms with Crippen LogP contribution in [0.4, 0.5) is 0 Å². The molecule has 0 aromatic carbocycles. The highest BCUT2D eigenvalue weighted by Gasteiger charge is 2.10. The van der Waals surface area contributed by atoms with Crippen LogP contribution in [0.25, 0.3) is 0 Å². The number of unbranched alkanes of at least 4 members (excludes halogenated alkanes) is 38. The van der Waals surface area contributed by atoms with E-state index in [4.69, 9.17) is 0 Å². The molecule has 312 valence electrons. The van der Waals surface area contributed by atoms with Crippen LogP contribution in [0.3, 0.4) is 0 Å². The van der Waals surface area contributed by atoms with E-state index in [0.717, 1.165) is 0 Å². The number of hydrogen-bond acceptors (Lipinski definition) is 0. The van der Waals surface area contributed by atoms with E-state index in [1.165, 1.54) is 283 Å². The van der Waals surface area contributed by atoms with Gasteiger partial charge in [-0.15, -0.1) is 0 Å². The van der Waals surface area contributed by atoms with Crippen molar-refractivity contribution in [3.8, 4) is 0 Å². The van der Waals surface area contributed by atoms with Gasteiger partial charge in [-0.3, -0.25) is 0 Å². The van der Waals surface area contributed by atoms with Crippen LogP contribution in [-0.2, 0) is 19.4 Å². The third kappa shape index (κ3) is 35.3. The lowest BCUT2D eigenvalue weighted by molar-refractivity contribution is -0.697. The van der Waals surface area contributed by atoms with Crippen molar-refractivity contribution in [2.75, 3.05) is 0 Å². The summed E-state index contributed by atoms with van der Waals surface area (Å²) in [7, 11) is 0. The smallest absolute Gasteiger partial charge is 0.172 e. The highest BCUT2D eigenvalue weighted by Crippen LogP contribution is 2.19. The van der Waals surface area contributed by atoms with Crippen molar-refractivity contribution < 1.29 is 4.57 Å². The quantitative estimate of drug-likeness (QED) is 0.0464. The highest BCUT2D eigenvalue weighted by atomic mass is 14.9. The van der Waals surface area contributed by atoms with E-state index < -0.39 is 0 Å². The Hall–Kier alpha value is -0.850. The normalized spacial score (nSPS) is 11.6. The van der Waals surface area contributed by atoms with Gasteiger partial charge in [0.25, 0.3) is 0 Å². The average molecular weight is 739 g/mol. The number of aromatic nitrogens is 1. The molecule has 53 heavy (non-hydrogen) atoms. The summed E-state index contributed by atoms with van der Waals surface area (Å²) >= 11 is 0. The second kappa shape index (κ2) is 42.3. The Balaban J connectivity index is 2.28. The van der Waals surface area contributed by atoms with E-state index in [1.54, 1.807) is 11.1 Å². The molecule has 1 aromatic rings. The maximum Gasteiger partial charge on any atom is 0.172 e. The number of hydrogen-bond donors (Lipinski definition) is 0. The molecule has 0 amide bonds. The summed E-state index contributed by atoms with van der Waals surface area (Å²) in [4.78, 5) is 0. The monoisotopic (exact) mass is 739 g/mol. The SMILES string of the molecule is CCCCCCCCCCCCCCCCC[n+]1ccc(CCCCCCCCCCCCCCC)c(CCCCCCCCCCCCCCC)c1. The molecular formula is C52H100N+. The van der Waals surface area contributed by atoms with Crippen LogP contribution in [-0.4, -0.2) is 0 Å². The second-order valence-electron chi connectivity index (χ2n) is 17.7. The lowest BCUT2D eigenvalue weighted by Crippen LogP contribution is -2.34. The summed E-state index contributed by atoms with van der Waals surface area (Å²) in [5.74, 6) is 0. The molecule has 0 aliphatic carbocycles. The predicted molar refractivity (Wildman–Crippen MR) is 240 cm³/mol. The van der Waals surface area contributed by atoms with E-state index in [9.17, 15) is 0 Å². The van der Waals surface area contributed by atoms with Crippen molar-refractivity contribution in [1.82, 2.24) is 0 Å². The van der Waals surface area contributed by atoms with Gasteiger partial charge in [-0.05, 0) is 37.7 Å². The van der Waals surface area contributed by atoms with Gasteiger partial charge in [0.15, 0.2) is 12.4 Å². The van der Waals surface area contributed by atoms with Gasteiger partial charge in [0.05, 0.1) is 0 Å². The molecule has 0 atom stereocenters. The first-order valence-corrected chi connectivity index (χ1v) is 25.3. The van der Waals surface area contributed by atoms with Crippen LogP contribution < -0.4 is 4.57 Å². The molecule has 0 saturated heterocycles. The van der Waals surface area contributed by atoms with Crippen molar-refractivity contribution in [2.45, 2.75) is 303 Å². The summed E-state index contributed by atoms with van der Waals surface area (Å²) < 4.78 is 2.55. The summed E-state index contributed by atoms with van der Waals surface area (Å²) in [5.41, 5.74) is 3.34. The first-order valence-electron chi connectivity index (χ1n) is 25.3. The third-order valence-corrected chi connectivity index (χ3v) is 12.3. The minimum atomic E-state index is 1.21. The van der Waals surface area contributed by atoms with Gasteiger partial charge in [0, 0.05) is 18.1 Å². The summed E-state index contributed by atoms with van der Waals surface area (Å²) in [6, 6.07) is 2.52. The van der Waals surface area contributed by atoms with Gasteiger partial charge < -0.3 is 0 Å². The largest absolute Gasteiger partial charge is 0.205 e. The Kier molecular flexibility index (Phi) is 40.0. The maximum atomic E-state index is 2.57. The molecule has 0 radical (unpaired) electrons. The van der Waals surface area contributed by atoms with Gasteiger partial charge in [-0.2, -0.15) is 0 Å². The fraction of sp³-hybridized carbons (Fsp3) is 0.904. The highest BCUT2D eigenvalue weighted by molar-refractivity contribution is 5.21. The Morgan fingerprint density at radius 3 is 0.830 bits per heavy atom. The zero-order valence-electron chi connectivity index (χ0n) is 37.3. The van der Waals surface area contributed by atoms with Crippen molar-refractivity contribution in [1.29, 1.82) is 0 Å². The minimum absolute atomic E-state index is 1.21. The molecule has 0 N–H and O–H groups in total. The Bertz CT molecular complexity index is 828. The predicted octanol–water partition coefficient (Wildman–Crippen LogP) is 18.1. The molecule has 1 heterocycles. The molecule has 1 rings (SSSR count). The van der Waals surface area contributed by atoms with Crippen LogP contribution in [0.2, 0.25) is 0 Å². The van der Waals surface area contributed by atoms with Gasteiger partial charge in [0.2, 0.25) is 0 Å². The Morgan fingerprint density at radius 1 is 0.283 bits per heavy atom. The van der Waals surface area contributed by atoms with Crippen LogP contribution in [0.15, 0.2) is 18.5 Å². The molecule has 0 saturated carbocycles. The molecular weight excluding hydrogens is 639 g/mol. The summed E-state index contributed by atoms with van der Waals surface area (Å²) in [6.45, 7) is 8.16. The number of rotatable bonds is 44. The van der Waals surface area contributed by atoms with Crippen molar-refractivity contribution in [2.24, 2.45) is 0 Å². The number of aryl methyl sites for hydroxylation is 3. The minimum Gasteiger partial charge on any atom is -0.205 e. The Labute approximate surface area is 336 Å². The average Bonchev–Trinajstić information content (AvgIpc) is 3.17. The van der Waals surface area contributed by atoms with Crippen molar-refractivity contribution in [3.63, 3.8) is 0 Å². The third-order valence-electron chi connectivity index (χ3n) is 12.3. The molecule has 0 unspecified atom stereocenters. The van der Waals surface area contributed by atoms with E-state index in [1.807, 2.05) is 0 Å². The topological polar surface area (TPSA) is 3.88 Å². The van der Waals surface area contributed by atoms with Gasteiger partial charge in [-0.1, -0.05) is 258 Å². The standard InChI is InChI=1S/C52H100N/c1-4-7-10-13-16-19-22-25-26-29-32-35-38-41-44-48-53-49-47-51(45-42-39-36-33-30-27-23-20-17-14-11-8-5-2)52(50-53)46-43-40-37-34-31-28-24-21-18-15-12-9-6-3/h47,49-50H,4-46,48H2,1-3H3/q+1. The van der Waals surface area contributed by atoms with E-state index >= 15 is 0 Å². The lowest BCUT2D eigenvalue weighted by Gasteiger charge is -2.10. The molecule has 1 heteroatoms. The van der Waals surface area contributed by atoms with Crippen LogP contribution in [0.5, 0.6) is 0 Å². The first kappa shape index (κ1) is 50.2. The van der Waals surface area contributed by atoms with E-state index in [2.05, 4.69) is 43.8 Å². The number of pyridine rings is 1. The Morgan fingerprint density at radius 2 is 0.528 bits per heavy atom. The van der Waals surface area contributed by atoms with E-state index in [0.29, 0.717) is 0 Å². The zero-order chi connectivity index (χ0) is 38.0. The van der Waals surface area contributed by atoms with Crippen molar-refractivity contribution >= 4 is 0 Å². The fourth-order valence-corrected chi connectivity index (χ4v) is 8.56. The fourth-order valence-electron chi connectivity index (χ4n) is 8.56. The van der Waals surface area contributed by atoms with Gasteiger partial charge >= 0.3 is 0 Å². The molecule has 0 aliphatic heterocycles. The molecule has 0 bridgehead atoms. The molecule has 1 nitrogen and oxygen atoms in total. The van der Waals surface area contributed by atoms with Crippen LogP contribution in [0.1, 0.15) is 295 Å². The zero-order valence-corrected chi connectivity index (χ0v) is 37.3. The lowest BCUT2D eigenvalue weighted by atomic mass is 9.97. The van der Waals surface area contributed by atoms with Crippen molar-refractivity contribution in [3.05, 3.63) is 29.6 Å². The molecule has 0 aliphatic rings. The van der Waals surface area contributed by atoms with E-state index in [-0.39, 0.29) is 0 Å². The first-order chi connectivity index (χ1) is 26.3. The summed E-state index contributed by atoms with van der Waals surface area (Å²) in [5, 5.41) is 0. The maximum absolute atomic E-state index is 2.57. The van der Waals surface area contributed by atoms with Gasteiger partial charge in [-0.25, -0.2) is 4.57 Å². The molecule has 0 spiro atoms.